The van der Waals surface area contributed by atoms with Gasteiger partial charge in [-0.15, -0.1) is 0 Å². The number of fused-ring (bicyclic) bond motifs is 1. The lowest BCUT2D eigenvalue weighted by molar-refractivity contribution is 1.25. The average molecular weight is 557 g/mol. The molecule has 0 saturated heterocycles. The van der Waals surface area contributed by atoms with Crippen molar-refractivity contribution in [1.29, 1.82) is 0 Å². The van der Waals surface area contributed by atoms with Gasteiger partial charge in [0.05, 0.1) is 22.9 Å². The molecule has 0 amide bonds. The summed E-state index contributed by atoms with van der Waals surface area (Å²) in [6, 6.07) is 48.3. The molecule has 10 rings (SSSR count). The largest absolute Gasteiger partial charge is 0.252 e. The van der Waals surface area contributed by atoms with E-state index in [1.165, 1.54) is 70.2 Å². The molecule has 1 aromatic heterocycles. The molecule has 0 aliphatic rings. The average Bonchev–Trinajstić information content (AvgIpc) is 3.09. The SMILES string of the molecule is C(=C(/c1cnc2ccccc2n1)c1ccc2ccc3cccc4ccc1c2c34)/c1ccc2ccc3cccc4ccc1c2c34. The molecule has 0 unspecified atom stereocenters. The molecule has 10 aromatic rings. The lowest BCUT2D eigenvalue weighted by atomic mass is 9.87. The van der Waals surface area contributed by atoms with Gasteiger partial charge in [-0.05, 0) is 94.0 Å². The maximum atomic E-state index is 5.19. The number of nitrogens with zero attached hydrogens (tertiary/aromatic N) is 2. The van der Waals surface area contributed by atoms with Crippen LogP contribution in [0.25, 0.3) is 87.3 Å². The van der Waals surface area contributed by atoms with Crippen LogP contribution in [-0.4, -0.2) is 9.97 Å². The third kappa shape index (κ3) is 3.31. The molecule has 2 heteroatoms. The second kappa shape index (κ2) is 8.82. The number of hydrogen-bond donors (Lipinski definition) is 0. The summed E-state index contributed by atoms with van der Waals surface area (Å²) >= 11 is 0. The lowest BCUT2D eigenvalue weighted by Gasteiger charge is -2.17. The fourth-order valence-corrected chi connectivity index (χ4v) is 7.39. The number of para-hydroxylation sites is 2. The molecule has 0 radical (unpaired) electrons. The first-order valence-corrected chi connectivity index (χ1v) is 15.1. The van der Waals surface area contributed by atoms with E-state index in [1.807, 2.05) is 30.5 Å². The number of hydrogen-bond acceptors (Lipinski definition) is 2. The highest BCUT2D eigenvalue weighted by atomic mass is 14.8. The van der Waals surface area contributed by atoms with Crippen LogP contribution in [0.3, 0.4) is 0 Å². The van der Waals surface area contributed by atoms with Crippen LogP contribution in [0, 0.1) is 0 Å². The summed E-state index contributed by atoms with van der Waals surface area (Å²) in [7, 11) is 0. The molecule has 1 heterocycles. The molecule has 0 saturated carbocycles. The van der Waals surface area contributed by atoms with Gasteiger partial charge in [-0.1, -0.05) is 121 Å². The van der Waals surface area contributed by atoms with E-state index in [9.17, 15) is 0 Å². The molecule has 0 aliphatic heterocycles. The molecule has 0 fully saturated rings. The predicted octanol–water partition coefficient (Wildman–Crippen LogP) is 11.0. The topological polar surface area (TPSA) is 25.8 Å². The predicted molar refractivity (Wildman–Crippen MR) is 187 cm³/mol. The summed E-state index contributed by atoms with van der Waals surface area (Å²) in [4.78, 5) is 10.0. The zero-order valence-corrected chi connectivity index (χ0v) is 23.8. The van der Waals surface area contributed by atoms with Gasteiger partial charge in [-0.3, -0.25) is 4.98 Å². The van der Waals surface area contributed by atoms with Crippen LogP contribution in [0.5, 0.6) is 0 Å². The van der Waals surface area contributed by atoms with Gasteiger partial charge in [0.2, 0.25) is 0 Å². The molecular formula is C42H24N2. The fraction of sp³-hybridized carbons (Fsp3) is 0. The van der Waals surface area contributed by atoms with Crippen LogP contribution in [0.2, 0.25) is 0 Å². The Morgan fingerprint density at radius 1 is 0.432 bits per heavy atom. The van der Waals surface area contributed by atoms with E-state index in [2.05, 4.69) is 115 Å². The zero-order valence-electron chi connectivity index (χ0n) is 23.8. The molecule has 0 atom stereocenters. The molecule has 2 nitrogen and oxygen atoms in total. The van der Waals surface area contributed by atoms with Gasteiger partial charge in [0.15, 0.2) is 0 Å². The van der Waals surface area contributed by atoms with Gasteiger partial charge in [0, 0.05) is 5.57 Å². The Hall–Kier alpha value is -5.86. The summed E-state index contributed by atoms with van der Waals surface area (Å²) in [6.45, 7) is 0. The van der Waals surface area contributed by atoms with Gasteiger partial charge in [0.1, 0.15) is 0 Å². The van der Waals surface area contributed by atoms with Gasteiger partial charge < -0.3 is 0 Å². The number of rotatable bonds is 3. The van der Waals surface area contributed by atoms with Crippen molar-refractivity contribution in [3.63, 3.8) is 0 Å². The van der Waals surface area contributed by atoms with Crippen LogP contribution < -0.4 is 0 Å². The van der Waals surface area contributed by atoms with E-state index >= 15 is 0 Å². The third-order valence-electron chi connectivity index (χ3n) is 9.41. The van der Waals surface area contributed by atoms with Gasteiger partial charge in [-0.2, -0.15) is 0 Å². The number of benzene rings is 9. The second-order valence-corrected chi connectivity index (χ2v) is 11.8. The normalized spacial score (nSPS) is 12.7. The quantitative estimate of drug-likeness (QED) is 0.160. The Kier molecular flexibility index (Phi) is 4.75. The van der Waals surface area contributed by atoms with Crippen LogP contribution in [-0.2, 0) is 0 Å². The van der Waals surface area contributed by atoms with E-state index in [0.29, 0.717) is 0 Å². The van der Waals surface area contributed by atoms with Crippen molar-refractivity contribution in [3.05, 3.63) is 156 Å². The smallest absolute Gasteiger partial charge is 0.0899 e. The summed E-state index contributed by atoms with van der Waals surface area (Å²) in [5.74, 6) is 0. The van der Waals surface area contributed by atoms with Gasteiger partial charge in [-0.25, -0.2) is 4.98 Å². The van der Waals surface area contributed by atoms with Gasteiger partial charge in [0.25, 0.3) is 0 Å². The van der Waals surface area contributed by atoms with Crippen LogP contribution in [0.15, 0.2) is 140 Å². The molecule has 9 aromatic carbocycles. The Morgan fingerprint density at radius 3 is 1.64 bits per heavy atom. The van der Waals surface area contributed by atoms with Crippen LogP contribution in [0.4, 0.5) is 0 Å². The van der Waals surface area contributed by atoms with E-state index < -0.39 is 0 Å². The second-order valence-electron chi connectivity index (χ2n) is 11.8. The summed E-state index contributed by atoms with van der Waals surface area (Å²) in [6.07, 6.45) is 4.26. The van der Waals surface area contributed by atoms with Crippen molar-refractivity contribution >= 4 is 87.3 Å². The Bertz CT molecular complexity index is 2740. The minimum Gasteiger partial charge on any atom is -0.252 e. The molecule has 44 heavy (non-hydrogen) atoms. The highest BCUT2D eigenvalue weighted by Crippen LogP contribution is 2.41. The number of aromatic nitrogens is 2. The molecular weight excluding hydrogens is 532 g/mol. The molecule has 0 bridgehead atoms. The summed E-state index contributed by atoms with van der Waals surface area (Å²) in [5.41, 5.74) is 6.05. The Balaban J connectivity index is 1.32. The third-order valence-corrected chi connectivity index (χ3v) is 9.41. The molecule has 0 aliphatic carbocycles. The Morgan fingerprint density at radius 2 is 0.955 bits per heavy atom. The van der Waals surface area contributed by atoms with Crippen molar-refractivity contribution in [3.8, 4) is 0 Å². The first-order chi connectivity index (χ1) is 21.8. The first kappa shape index (κ1) is 23.7. The monoisotopic (exact) mass is 556 g/mol. The highest BCUT2D eigenvalue weighted by Gasteiger charge is 2.17. The maximum Gasteiger partial charge on any atom is 0.0899 e. The molecule has 0 N–H and O–H groups in total. The first-order valence-electron chi connectivity index (χ1n) is 15.1. The summed E-state index contributed by atoms with van der Waals surface area (Å²) < 4.78 is 0. The van der Waals surface area contributed by atoms with E-state index in [0.717, 1.165) is 27.9 Å². The standard InChI is InChI=1S/C42H24N2/c1-2-10-37-36(9-1)43-24-38(44-37)35(33-21-18-30-14-12-26-6-4-8-28-19-22-34(33)42(30)40(26)28)23-31-16-15-29-13-11-25-5-3-7-27-17-20-32(31)41(29)39(25)27/h1-24H/b35-23-. The van der Waals surface area contributed by atoms with Crippen molar-refractivity contribution in [2.24, 2.45) is 0 Å². The molecule has 0 spiro atoms. The van der Waals surface area contributed by atoms with E-state index in [1.54, 1.807) is 0 Å². The van der Waals surface area contributed by atoms with Gasteiger partial charge >= 0.3 is 0 Å². The summed E-state index contributed by atoms with van der Waals surface area (Å²) in [5, 5.41) is 15.3. The minimum absolute atomic E-state index is 0.865. The lowest BCUT2D eigenvalue weighted by Crippen LogP contribution is -1.97. The maximum absolute atomic E-state index is 5.19. The minimum atomic E-state index is 0.865. The van der Waals surface area contributed by atoms with Crippen molar-refractivity contribution in [2.75, 3.05) is 0 Å². The van der Waals surface area contributed by atoms with Crippen LogP contribution >= 0.6 is 0 Å². The van der Waals surface area contributed by atoms with Crippen molar-refractivity contribution in [1.82, 2.24) is 9.97 Å². The van der Waals surface area contributed by atoms with E-state index in [4.69, 9.17) is 9.97 Å². The fourth-order valence-electron chi connectivity index (χ4n) is 7.39. The molecule has 202 valence electrons. The van der Waals surface area contributed by atoms with Crippen molar-refractivity contribution < 1.29 is 0 Å². The Labute approximate surface area is 253 Å². The van der Waals surface area contributed by atoms with E-state index in [-0.39, 0.29) is 0 Å². The zero-order chi connectivity index (χ0) is 28.8. The van der Waals surface area contributed by atoms with Crippen molar-refractivity contribution in [2.45, 2.75) is 0 Å². The highest BCUT2D eigenvalue weighted by molar-refractivity contribution is 6.27. The van der Waals surface area contributed by atoms with Crippen LogP contribution in [0.1, 0.15) is 16.8 Å².